The van der Waals surface area contributed by atoms with Crippen molar-refractivity contribution in [2.45, 2.75) is 38.7 Å². The molecule has 0 aromatic heterocycles. The van der Waals surface area contributed by atoms with Crippen LogP contribution in [0.2, 0.25) is 0 Å². The van der Waals surface area contributed by atoms with Crippen LogP contribution >= 0.6 is 11.6 Å². The Kier molecular flexibility index (Phi) is 4.69. The van der Waals surface area contributed by atoms with Gasteiger partial charge in [0.05, 0.1) is 6.10 Å². The van der Waals surface area contributed by atoms with Crippen LogP contribution in [0, 0.1) is 11.8 Å². The second-order valence-electron chi connectivity index (χ2n) is 5.27. The van der Waals surface area contributed by atoms with Gasteiger partial charge in [0.1, 0.15) is 0 Å². The number of rotatable bonds is 5. The lowest BCUT2D eigenvalue weighted by molar-refractivity contribution is -0.133. The molecule has 2 rings (SSSR count). The van der Waals surface area contributed by atoms with E-state index in [1.807, 2.05) is 11.8 Å². The Labute approximate surface area is 108 Å². The minimum Gasteiger partial charge on any atom is -0.378 e. The number of hydrogen-bond acceptors (Lipinski definition) is 2. The standard InChI is InChI=1S/C13H22ClNO2/c1-2-17-12-5-11(6-12)7-13(16)15-4-3-10(8-14)9-15/h10-12H,2-9H2,1H3. The fraction of sp³-hybridized carbons (Fsp3) is 0.923. The van der Waals surface area contributed by atoms with Crippen LogP contribution in [0.25, 0.3) is 0 Å². The van der Waals surface area contributed by atoms with Gasteiger partial charge in [-0.1, -0.05) is 0 Å². The molecule has 1 amide bonds. The fourth-order valence-corrected chi connectivity index (χ4v) is 3.03. The van der Waals surface area contributed by atoms with Gasteiger partial charge in [-0.25, -0.2) is 0 Å². The van der Waals surface area contributed by atoms with Crippen molar-refractivity contribution in [2.75, 3.05) is 25.6 Å². The number of hydrogen-bond donors (Lipinski definition) is 0. The van der Waals surface area contributed by atoms with Crippen molar-refractivity contribution in [2.24, 2.45) is 11.8 Å². The molecule has 1 atom stereocenters. The smallest absolute Gasteiger partial charge is 0.222 e. The van der Waals surface area contributed by atoms with Gasteiger partial charge < -0.3 is 9.64 Å². The highest BCUT2D eigenvalue weighted by Gasteiger charge is 2.33. The summed E-state index contributed by atoms with van der Waals surface area (Å²) in [5, 5.41) is 0. The number of carbonyl (C=O) groups excluding carboxylic acids is 1. The van der Waals surface area contributed by atoms with Gasteiger partial charge in [-0.3, -0.25) is 4.79 Å². The summed E-state index contributed by atoms with van der Waals surface area (Å²) in [7, 11) is 0. The molecule has 0 aromatic rings. The Morgan fingerprint density at radius 2 is 2.18 bits per heavy atom. The summed E-state index contributed by atoms with van der Waals surface area (Å²) in [6, 6.07) is 0. The molecule has 1 heterocycles. The molecule has 2 aliphatic rings. The van der Waals surface area contributed by atoms with Crippen molar-refractivity contribution in [1.29, 1.82) is 0 Å². The number of likely N-dealkylation sites (tertiary alicyclic amines) is 1. The first-order valence-corrected chi connectivity index (χ1v) is 7.21. The number of carbonyl (C=O) groups is 1. The number of nitrogens with zero attached hydrogens (tertiary/aromatic N) is 1. The Bertz CT molecular complexity index is 266. The van der Waals surface area contributed by atoms with E-state index in [9.17, 15) is 4.79 Å². The molecular formula is C13H22ClNO2. The zero-order valence-corrected chi connectivity index (χ0v) is 11.3. The molecule has 1 aliphatic carbocycles. The van der Waals surface area contributed by atoms with Crippen molar-refractivity contribution in [1.82, 2.24) is 4.90 Å². The molecule has 98 valence electrons. The summed E-state index contributed by atoms with van der Waals surface area (Å²) in [6.45, 7) is 4.58. The lowest BCUT2D eigenvalue weighted by atomic mass is 9.80. The highest BCUT2D eigenvalue weighted by molar-refractivity contribution is 6.18. The Morgan fingerprint density at radius 3 is 2.76 bits per heavy atom. The SMILES string of the molecule is CCOC1CC(CC(=O)N2CCC(CCl)C2)C1. The third-order valence-electron chi connectivity index (χ3n) is 3.91. The van der Waals surface area contributed by atoms with Gasteiger partial charge in [-0.05, 0) is 38.0 Å². The summed E-state index contributed by atoms with van der Waals surface area (Å²) < 4.78 is 5.51. The van der Waals surface area contributed by atoms with Gasteiger partial charge >= 0.3 is 0 Å². The lowest BCUT2D eigenvalue weighted by Crippen LogP contribution is -2.37. The van der Waals surface area contributed by atoms with Crippen molar-refractivity contribution < 1.29 is 9.53 Å². The molecular weight excluding hydrogens is 238 g/mol. The highest BCUT2D eigenvalue weighted by atomic mass is 35.5. The quantitative estimate of drug-likeness (QED) is 0.709. The monoisotopic (exact) mass is 259 g/mol. The van der Waals surface area contributed by atoms with Gasteiger partial charge in [-0.2, -0.15) is 0 Å². The van der Waals surface area contributed by atoms with E-state index in [0.717, 1.165) is 39.0 Å². The van der Waals surface area contributed by atoms with Gasteiger partial charge in [0, 0.05) is 32.0 Å². The van der Waals surface area contributed by atoms with Gasteiger partial charge in [0.15, 0.2) is 0 Å². The topological polar surface area (TPSA) is 29.5 Å². The van der Waals surface area contributed by atoms with E-state index in [2.05, 4.69) is 0 Å². The first-order chi connectivity index (χ1) is 8.22. The predicted molar refractivity (Wildman–Crippen MR) is 68.2 cm³/mol. The Hall–Kier alpha value is -0.280. The van der Waals surface area contributed by atoms with E-state index in [-0.39, 0.29) is 0 Å². The second-order valence-corrected chi connectivity index (χ2v) is 5.58. The summed E-state index contributed by atoms with van der Waals surface area (Å²) in [5.74, 6) is 2.06. The van der Waals surface area contributed by atoms with Crippen LogP contribution in [0.15, 0.2) is 0 Å². The molecule has 17 heavy (non-hydrogen) atoms. The van der Waals surface area contributed by atoms with Crippen LogP contribution in [-0.4, -0.2) is 42.5 Å². The lowest BCUT2D eigenvalue weighted by Gasteiger charge is -2.35. The third-order valence-corrected chi connectivity index (χ3v) is 4.35. The van der Waals surface area contributed by atoms with E-state index in [0.29, 0.717) is 36.1 Å². The van der Waals surface area contributed by atoms with E-state index in [4.69, 9.17) is 16.3 Å². The summed E-state index contributed by atoms with van der Waals surface area (Å²) >= 11 is 5.82. The molecule has 2 fully saturated rings. The van der Waals surface area contributed by atoms with Crippen LogP contribution in [0.1, 0.15) is 32.6 Å². The predicted octanol–water partition coefficient (Wildman–Crippen LogP) is 2.28. The third kappa shape index (κ3) is 3.35. The molecule has 3 nitrogen and oxygen atoms in total. The second kappa shape index (κ2) is 6.05. The maximum atomic E-state index is 12.0. The summed E-state index contributed by atoms with van der Waals surface area (Å²) in [4.78, 5) is 14.0. The van der Waals surface area contributed by atoms with E-state index < -0.39 is 0 Å². The van der Waals surface area contributed by atoms with Gasteiger partial charge in [0.2, 0.25) is 5.91 Å². The molecule has 0 spiro atoms. The molecule has 1 aliphatic heterocycles. The minimum atomic E-state index is 0.317. The average molecular weight is 260 g/mol. The van der Waals surface area contributed by atoms with Crippen molar-refractivity contribution >= 4 is 17.5 Å². The molecule has 0 aromatic carbocycles. The first kappa shape index (κ1) is 13.2. The minimum absolute atomic E-state index is 0.317. The maximum absolute atomic E-state index is 12.0. The van der Waals surface area contributed by atoms with Crippen molar-refractivity contribution in [3.63, 3.8) is 0 Å². The zero-order chi connectivity index (χ0) is 12.3. The molecule has 1 saturated carbocycles. The molecule has 1 saturated heterocycles. The number of amides is 1. The highest BCUT2D eigenvalue weighted by Crippen LogP contribution is 2.33. The number of alkyl halides is 1. The largest absolute Gasteiger partial charge is 0.378 e. The Morgan fingerprint density at radius 1 is 1.41 bits per heavy atom. The van der Waals surface area contributed by atoms with Crippen LogP contribution < -0.4 is 0 Å². The zero-order valence-electron chi connectivity index (χ0n) is 10.5. The van der Waals surface area contributed by atoms with Crippen LogP contribution in [0.5, 0.6) is 0 Å². The molecule has 1 unspecified atom stereocenters. The normalized spacial score (nSPS) is 32.6. The van der Waals surface area contributed by atoms with Crippen LogP contribution in [-0.2, 0) is 9.53 Å². The van der Waals surface area contributed by atoms with Crippen LogP contribution in [0.4, 0.5) is 0 Å². The first-order valence-electron chi connectivity index (χ1n) is 6.68. The number of ether oxygens (including phenoxy) is 1. The van der Waals surface area contributed by atoms with E-state index >= 15 is 0 Å². The van der Waals surface area contributed by atoms with Crippen LogP contribution in [0.3, 0.4) is 0 Å². The fourth-order valence-electron chi connectivity index (χ4n) is 2.77. The number of halogens is 1. The molecule has 0 radical (unpaired) electrons. The Balaban J connectivity index is 1.65. The van der Waals surface area contributed by atoms with Crippen molar-refractivity contribution in [3.05, 3.63) is 0 Å². The molecule has 0 bridgehead atoms. The van der Waals surface area contributed by atoms with Gasteiger partial charge in [-0.15, -0.1) is 11.6 Å². The van der Waals surface area contributed by atoms with Gasteiger partial charge in [0.25, 0.3) is 0 Å². The molecule has 0 N–H and O–H groups in total. The average Bonchev–Trinajstić information content (AvgIpc) is 2.74. The van der Waals surface area contributed by atoms with E-state index in [1.165, 1.54) is 0 Å². The van der Waals surface area contributed by atoms with Crippen molar-refractivity contribution in [3.8, 4) is 0 Å². The summed E-state index contributed by atoms with van der Waals surface area (Å²) in [6.07, 6.45) is 4.31. The maximum Gasteiger partial charge on any atom is 0.222 e. The summed E-state index contributed by atoms with van der Waals surface area (Å²) in [5.41, 5.74) is 0. The molecule has 4 heteroatoms. The van der Waals surface area contributed by atoms with E-state index in [1.54, 1.807) is 0 Å².